The van der Waals surface area contributed by atoms with Crippen molar-refractivity contribution in [2.45, 2.75) is 13.0 Å². The summed E-state index contributed by atoms with van der Waals surface area (Å²) in [6.45, 7) is 1.88. The maximum Gasteiger partial charge on any atom is 0.410 e. The predicted octanol–water partition coefficient (Wildman–Crippen LogP) is 2.19. The van der Waals surface area contributed by atoms with Gasteiger partial charge in [-0.2, -0.15) is 0 Å². The molecule has 80 valence electrons. The number of hydrogen-bond acceptors (Lipinski definition) is 3. The predicted molar refractivity (Wildman–Crippen MR) is 58.3 cm³/mol. The summed E-state index contributed by atoms with van der Waals surface area (Å²) in [4.78, 5) is 17.1. The van der Waals surface area contributed by atoms with E-state index in [2.05, 4.69) is 20.9 Å². The van der Waals surface area contributed by atoms with E-state index in [1.54, 1.807) is 11.1 Å². The first kappa shape index (κ1) is 10.4. The largest absolute Gasteiger partial charge is 0.449 e. The molecule has 0 radical (unpaired) electrons. The van der Waals surface area contributed by atoms with Crippen molar-refractivity contribution in [2.24, 2.45) is 0 Å². The van der Waals surface area contributed by atoms with Gasteiger partial charge in [-0.15, -0.1) is 0 Å². The highest BCUT2D eigenvalue weighted by atomic mass is 79.9. The van der Waals surface area contributed by atoms with Crippen molar-refractivity contribution < 1.29 is 9.53 Å². The van der Waals surface area contributed by atoms with Gasteiger partial charge in [-0.25, -0.2) is 9.78 Å². The van der Waals surface area contributed by atoms with Crippen molar-refractivity contribution >= 4 is 22.0 Å². The van der Waals surface area contributed by atoms with Gasteiger partial charge in [-0.3, -0.25) is 0 Å². The summed E-state index contributed by atoms with van der Waals surface area (Å²) in [7, 11) is 0. The van der Waals surface area contributed by atoms with Crippen molar-refractivity contribution in [3.63, 3.8) is 0 Å². The minimum Gasteiger partial charge on any atom is -0.449 e. The molecule has 0 aliphatic carbocycles. The zero-order valence-electron chi connectivity index (χ0n) is 8.15. The fourth-order valence-corrected chi connectivity index (χ4v) is 1.91. The minimum absolute atomic E-state index is 0.228. The van der Waals surface area contributed by atoms with Crippen LogP contribution in [0.5, 0.6) is 0 Å². The van der Waals surface area contributed by atoms with Crippen molar-refractivity contribution in [3.8, 4) is 0 Å². The average Bonchev–Trinajstić information content (AvgIpc) is 2.22. The summed E-state index contributed by atoms with van der Waals surface area (Å²) in [6, 6.07) is 3.80. The molecular formula is C10H11BrN2O2. The van der Waals surface area contributed by atoms with Gasteiger partial charge in [0.1, 0.15) is 4.60 Å². The third-order valence-electron chi connectivity index (χ3n) is 2.22. The Morgan fingerprint density at radius 1 is 1.60 bits per heavy atom. The van der Waals surface area contributed by atoms with Gasteiger partial charge < -0.3 is 9.64 Å². The third-order valence-corrected chi connectivity index (χ3v) is 2.65. The molecule has 1 aliphatic heterocycles. The molecular weight excluding hydrogens is 260 g/mol. The van der Waals surface area contributed by atoms with E-state index in [1.165, 1.54) is 0 Å². The molecule has 1 aromatic rings. The molecule has 1 saturated heterocycles. The van der Waals surface area contributed by atoms with E-state index in [1.807, 2.05) is 12.1 Å². The van der Waals surface area contributed by atoms with Gasteiger partial charge in [0, 0.05) is 19.3 Å². The monoisotopic (exact) mass is 270 g/mol. The Morgan fingerprint density at radius 3 is 3.20 bits per heavy atom. The molecule has 4 nitrogen and oxygen atoms in total. The number of ether oxygens (including phenoxy) is 1. The van der Waals surface area contributed by atoms with Gasteiger partial charge in [0.05, 0.1) is 6.61 Å². The van der Waals surface area contributed by atoms with Crippen LogP contribution in [0.25, 0.3) is 0 Å². The lowest BCUT2D eigenvalue weighted by Crippen LogP contribution is -2.37. The second-order valence-corrected chi connectivity index (χ2v) is 4.19. The van der Waals surface area contributed by atoms with Crippen LogP contribution < -0.4 is 0 Å². The highest BCUT2D eigenvalue weighted by Crippen LogP contribution is 2.13. The number of halogens is 1. The first-order chi connectivity index (χ1) is 7.25. The molecule has 0 saturated carbocycles. The normalized spacial score (nSPS) is 16.3. The van der Waals surface area contributed by atoms with Gasteiger partial charge in [0.15, 0.2) is 0 Å². The highest BCUT2D eigenvalue weighted by molar-refractivity contribution is 9.10. The molecule has 0 N–H and O–H groups in total. The summed E-state index contributed by atoms with van der Waals surface area (Å²) >= 11 is 3.30. The van der Waals surface area contributed by atoms with Crippen LogP contribution in [0.4, 0.5) is 4.79 Å². The topological polar surface area (TPSA) is 42.4 Å². The maximum absolute atomic E-state index is 11.4. The first-order valence-electron chi connectivity index (χ1n) is 4.78. The van der Waals surface area contributed by atoms with E-state index >= 15 is 0 Å². The summed E-state index contributed by atoms with van der Waals surface area (Å²) in [5.74, 6) is 0. The van der Waals surface area contributed by atoms with Crippen molar-refractivity contribution in [1.82, 2.24) is 9.88 Å². The first-order valence-corrected chi connectivity index (χ1v) is 5.57. The summed E-state index contributed by atoms with van der Waals surface area (Å²) in [5, 5.41) is 0. The number of cyclic esters (lactones) is 1. The molecule has 1 amide bonds. The average molecular weight is 271 g/mol. The van der Waals surface area contributed by atoms with Gasteiger partial charge in [-0.1, -0.05) is 0 Å². The van der Waals surface area contributed by atoms with E-state index in [0.29, 0.717) is 13.2 Å². The van der Waals surface area contributed by atoms with Crippen LogP contribution in [0.15, 0.2) is 22.9 Å². The minimum atomic E-state index is -0.228. The number of carbonyl (C=O) groups is 1. The standard InChI is InChI=1S/C10H11BrN2O2/c11-9-6-8(2-3-12-9)7-13-4-1-5-15-10(13)14/h2-3,6H,1,4-5,7H2. The molecule has 5 heteroatoms. The molecule has 1 aliphatic rings. The molecule has 2 heterocycles. The van der Waals surface area contributed by atoms with Gasteiger partial charge >= 0.3 is 6.09 Å². The summed E-state index contributed by atoms with van der Waals surface area (Å²) < 4.78 is 5.74. The van der Waals surface area contributed by atoms with Crippen LogP contribution in [-0.4, -0.2) is 29.1 Å². The SMILES string of the molecule is O=C1OCCCN1Cc1ccnc(Br)c1. The number of pyridine rings is 1. The smallest absolute Gasteiger partial charge is 0.410 e. The quantitative estimate of drug-likeness (QED) is 0.774. The fourth-order valence-electron chi connectivity index (χ4n) is 1.50. The Bertz CT molecular complexity index is 370. The van der Waals surface area contributed by atoms with Gasteiger partial charge in [0.2, 0.25) is 0 Å². The van der Waals surface area contributed by atoms with Crippen LogP contribution in [-0.2, 0) is 11.3 Å². The van der Waals surface area contributed by atoms with Crippen molar-refractivity contribution in [2.75, 3.05) is 13.2 Å². The molecule has 0 aromatic carbocycles. The van der Waals surface area contributed by atoms with Crippen LogP contribution in [0.1, 0.15) is 12.0 Å². The van der Waals surface area contributed by atoms with Gasteiger partial charge in [0.25, 0.3) is 0 Å². The highest BCUT2D eigenvalue weighted by Gasteiger charge is 2.19. The second kappa shape index (κ2) is 4.61. The molecule has 0 bridgehead atoms. The van der Waals surface area contributed by atoms with Crippen LogP contribution >= 0.6 is 15.9 Å². The second-order valence-electron chi connectivity index (χ2n) is 3.38. The number of hydrogen-bond donors (Lipinski definition) is 0. The zero-order valence-corrected chi connectivity index (χ0v) is 9.74. The lowest BCUT2D eigenvalue weighted by molar-refractivity contribution is 0.0700. The molecule has 2 rings (SSSR count). The molecule has 0 atom stereocenters. The number of aromatic nitrogens is 1. The lowest BCUT2D eigenvalue weighted by Gasteiger charge is -2.26. The van der Waals surface area contributed by atoms with Crippen LogP contribution in [0, 0.1) is 0 Å². The van der Waals surface area contributed by atoms with E-state index in [-0.39, 0.29) is 6.09 Å². The van der Waals surface area contributed by atoms with Crippen LogP contribution in [0.3, 0.4) is 0 Å². The molecule has 1 aromatic heterocycles. The Balaban J connectivity index is 2.04. The maximum atomic E-state index is 11.4. The fraction of sp³-hybridized carbons (Fsp3) is 0.400. The van der Waals surface area contributed by atoms with Crippen LogP contribution in [0.2, 0.25) is 0 Å². The molecule has 0 spiro atoms. The van der Waals surface area contributed by atoms with E-state index in [0.717, 1.165) is 23.1 Å². The van der Waals surface area contributed by atoms with E-state index in [9.17, 15) is 4.79 Å². The Morgan fingerprint density at radius 2 is 2.47 bits per heavy atom. The molecule has 1 fully saturated rings. The number of rotatable bonds is 2. The van der Waals surface area contributed by atoms with E-state index in [4.69, 9.17) is 4.74 Å². The summed E-state index contributed by atoms with van der Waals surface area (Å²) in [5.41, 5.74) is 1.05. The Labute approximate surface area is 96.4 Å². The number of nitrogens with zero attached hydrogens (tertiary/aromatic N) is 2. The van der Waals surface area contributed by atoms with Crippen molar-refractivity contribution in [1.29, 1.82) is 0 Å². The van der Waals surface area contributed by atoms with Crippen molar-refractivity contribution in [3.05, 3.63) is 28.5 Å². The summed E-state index contributed by atoms with van der Waals surface area (Å²) in [6.07, 6.45) is 2.39. The number of amides is 1. The molecule has 0 unspecified atom stereocenters. The van der Waals surface area contributed by atoms with E-state index < -0.39 is 0 Å². The zero-order chi connectivity index (χ0) is 10.7. The Kier molecular flexibility index (Phi) is 3.20. The molecule has 15 heavy (non-hydrogen) atoms. The number of carbonyl (C=O) groups excluding carboxylic acids is 1. The lowest BCUT2D eigenvalue weighted by atomic mass is 10.2. The Hall–Kier alpha value is -1.10. The van der Waals surface area contributed by atoms with Gasteiger partial charge in [-0.05, 0) is 40.0 Å². The third kappa shape index (κ3) is 2.68.